The van der Waals surface area contributed by atoms with Gasteiger partial charge in [-0.1, -0.05) is 38.0 Å². The molecule has 4 nitrogen and oxygen atoms in total. The highest BCUT2D eigenvalue weighted by Gasteiger charge is 2.72. The van der Waals surface area contributed by atoms with Gasteiger partial charge in [0.15, 0.2) is 6.73 Å². The molecule has 3 aromatic rings. The summed E-state index contributed by atoms with van der Waals surface area (Å²) < 4.78 is 181. The van der Waals surface area contributed by atoms with Crippen LogP contribution in [0.15, 0.2) is 60.7 Å². The van der Waals surface area contributed by atoms with Crippen molar-refractivity contribution in [2.24, 2.45) is 0 Å². The average Bonchev–Trinajstić information content (AvgIpc) is 3.02. The summed E-state index contributed by atoms with van der Waals surface area (Å²) in [4.78, 5) is 2.72. The predicted molar refractivity (Wildman–Crippen MR) is 159 cm³/mol. The summed E-state index contributed by atoms with van der Waals surface area (Å²) >= 11 is 0. The van der Waals surface area contributed by atoms with Crippen LogP contribution in [0.5, 0.6) is 11.5 Å². The summed E-state index contributed by atoms with van der Waals surface area (Å²) in [7, 11) is 0. The molecule has 0 aliphatic carbocycles. The second-order valence-corrected chi connectivity index (χ2v) is 12.4. The molecule has 2 aliphatic rings. The smallest absolute Gasteiger partial charge is 0.416 e. The predicted octanol–water partition coefficient (Wildman–Crippen LogP) is 10.5. The number of hydrogen-bond acceptors (Lipinski definition) is 4. The SMILES string of the molecule is CCCCC(CCC(F)(F)F)N1COc2ccc(C(c3ccc4c(c3)CN(c3cccc(C(F)(F)F)c3)CO4)(C(F)(F)F)C(F)(F)F)cc2C1. The molecule has 0 saturated heterocycles. The topological polar surface area (TPSA) is 24.9 Å². The normalized spacial score (nSPS) is 16.7. The van der Waals surface area contributed by atoms with E-state index in [1.807, 2.05) is 6.92 Å². The first kappa shape index (κ1) is 37.4. The van der Waals surface area contributed by atoms with Crippen molar-refractivity contribution in [1.82, 2.24) is 4.90 Å². The van der Waals surface area contributed by atoms with Crippen molar-refractivity contribution in [2.75, 3.05) is 18.4 Å². The zero-order valence-corrected chi connectivity index (χ0v) is 26.5. The molecule has 2 aliphatic heterocycles. The molecule has 0 spiro atoms. The maximum Gasteiger partial charge on any atom is 0.416 e. The molecule has 0 amide bonds. The van der Waals surface area contributed by atoms with Gasteiger partial charge in [-0.05, 0) is 66.4 Å². The molecule has 0 fully saturated rings. The lowest BCUT2D eigenvalue weighted by Gasteiger charge is -2.40. The molecule has 1 atom stereocenters. The molecule has 1 unspecified atom stereocenters. The summed E-state index contributed by atoms with van der Waals surface area (Å²) in [6.07, 6.45) is -21.0. The Labute approximate surface area is 279 Å². The van der Waals surface area contributed by atoms with E-state index >= 15 is 26.3 Å². The molecule has 0 bridgehead atoms. The number of alkyl halides is 12. The van der Waals surface area contributed by atoms with Crippen LogP contribution in [0.2, 0.25) is 0 Å². The van der Waals surface area contributed by atoms with Crippen molar-refractivity contribution in [3.63, 3.8) is 0 Å². The molecule has 0 aromatic heterocycles. The number of nitrogens with zero attached hydrogens (tertiary/aromatic N) is 2. The molecule has 2 heterocycles. The first-order valence-electron chi connectivity index (χ1n) is 15.6. The van der Waals surface area contributed by atoms with E-state index in [4.69, 9.17) is 9.47 Å². The third kappa shape index (κ3) is 7.59. The van der Waals surface area contributed by atoms with E-state index in [0.29, 0.717) is 37.5 Å². The second-order valence-electron chi connectivity index (χ2n) is 12.4. The van der Waals surface area contributed by atoms with E-state index in [2.05, 4.69) is 0 Å². The lowest BCUT2D eigenvalue weighted by atomic mass is 9.72. The van der Waals surface area contributed by atoms with Gasteiger partial charge in [0.2, 0.25) is 5.41 Å². The highest BCUT2D eigenvalue weighted by molar-refractivity contribution is 5.55. The van der Waals surface area contributed by atoms with Crippen molar-refractivity contribution in [2.45, 2.75) is 88.3 Å². The van der Waals surface area contributed by atoms with Crippen LogP contribution in [0, 0.1) is 0 Å². The van der Waals surface area contributed by atoms with Crippen molar-refractivity contribution >= 4 is 5.69 Å². The molecule has 5 rings (SSSR count). The zero-order valence-electron chi connectivity index (χ0n) is 26.5. The highest BCUT2D eigenvalue weighted by atomic mass is 19.4. The van der Waals surface area contributed by atoms with Crippen LogP contribution in [0.4, 0.5) is 58.4 Å². The molecule has 16 heteroatoms. The van der Waals surface area contributed by atoms with Gasteiger partial charge in [-0.2, -0.15) is 52.7 Å². The van der Waals surface area contributed by atoms with Gasteiger partial charge in [0, 0.05) is 42.4 Å². The number of halogens is 12. The molecule has 274 valence electrons. The lowest BCUT2D eigenvalue weighted by molar-refractivity contribution is -0.288. The number of rotatable bonds is 9. The van der Waals surface area contributed by atoms with E-state index in [-0.39, 0.29) is 61.3 Å². The minimum absolute atomic E-state index is 0.00359. The third-order valence-electron chi connectivity index (χ3n) is 9.04. The number of anilines is 1. The molecular formula is C34H32F12N2O2. The number of hydrogen-bond donors (Lipinski definition) is 0. The fourth-order valence-corrected chi connectivity index (χ4v) is 6.51. The average molecular weight is 729 g/mol. The van der Waals surface area contributed by atoms with Crippen LogP contribution in [-0.4, -0.2) is 42.9 Å². The van der Waals surface area contributed by atoms with Crippen molar-refractivity contribution in [3.8, 4) is 11.5 Å². The van der Waals surface area contributed by atoms with Crippen molar-refractivity contribution in [3.05, 3.63) is 88.5 Å². The summed E-state index contributed by atoms with van der Waals surface area (Å²) in [6.45, 7) is 0.709. The van der Waals surface area contributed by atoms with Crippen LogP contribution < -0.4 is 14.4 Å². The van der Waals surface area contributed by atoms with E-state index < -0.39 is 59.3 Å². The first-order chi connectivity index (χ1) is 23.2. The monoisotopic (exact) mass is 728 g/mol. The first-order valence-corrected chi connectivity index (χ1v) is 15.6. The maximum atomic E-state index is 15.1. The van der Waals surface area contributed by atoms with Gasteiger partial charge in [0.25, 0.3) is 0 Å². The summed E-state index contributed by atoms with van der Waals surface area (Å²) in [5.74, 6) is -0.0365. The number of benzene rings is 3. The van der Waals surface area contributed by atoms with Gasteiger partial charge in [0.1, 0.15) is 18.2 Å². The van der Waals surface area contributed by atoms with Gasteiger partial charge in [0.05, 0.1) is 5.56 Å². The Morgan fingerprint density at radius 1 is 0.660 bits per heavy atom. The Balaban J connectivity index is 1.54. The zero-order chi connectivity index (χ0) is 36.7. The van der Waals surface area contributed by atoms with Crippen LogP contribution in [0.25, 0.3) is 0 Å². The van der Waals surface area contributed by atoms with Gasteiger partial charge in [-0.15, -0.1) is 0 Å². The van der Waals surface area contributed by atoms with E-state index in [0.717, 1.165) is 36.4 Å². The Bertz CT molecular complexity index is 1630. The molecule has 0 saturated carbocycles. The molecule has 50 heavy (non-hydrogen) atoms. The Hall–Kier alpha value is -3.82. The summed E-state index contributed by atoms with van der Waals surface area (Å²) in [5, 5.41) is 0. The number of fused-ring (bicyclic) bond motifs is 2. The minimum Gasteiger partial charge on any atom is -0.478 e. The second kappa shape index (κ2) is 13.7. The maximum absolute atomic E-state index is 15.1. The Morgan fingerprint density at radius 3 is 1.78 bits per heavy atom. The van der Waals surface area contributed by atoms with Gasteiger partial charge < -0.3 is 14.4 Å². The van der Waals surface area contributed by atoms with Gasteiger partial charge in [-0.25, -0.2) is 0 Å². The van der Waals surface area contributed by atoms with Crippen LogP contribution in [-0.2, 0) is 24.7 Å². The van der Waals surface area contributed by atoms with Gasteiger partial charge >= 0.3 is 24.7 Å². The summed E-state index contributed by atoms with van der Waals surface area (Å²) in [6, 6.07) is 8.03. The van der Waals surface area contributed by atoms with E-state index in [1.165, 1.54) is 15.9 Å². The quantitative estimate of drug-likeness (QED) is 0.205. The van der Waals surface area contributed by atoms with E-state index in [1.54, 1.807) is 0 Å². The molecular weight excluding hydrogens is 696 g/mol. The number of ether oxygens (including phenoxy) is 2. The van der Waals surface area contributed by atoms with Crippen molar-refractivity contribution in [1.29, 1.82) is 0 Å². The Kier molecular flexibility index (Phi) is 10.3. The lowest BCUT2D eigenvalue weighted by Crippen LogP contribution is -2.55. The summed E-state index contributed by atoms with van der Waals surface area (Å²) in [5.41, 5.74) is -8.17. The fraction of sp³-hybridized carbons (Fsp3) is 0.471. The molecule has 3 aromatic carbocycles. The minimum atomic E-state index is -5.96. The van der Waals surface area contributed by atoms with Crippen molar-refractivity contribution < 1.29 is 62.2 Å². The van der Waals surface area contributed by atoms with E-state index in [9.17, 15) is 26.3 Å². The van der Waals surface area contributed by atoms with Gasteiger partial charge in [-0.3, -0.25) is 4.90 Å². The largest absolute Gasteiger partial charge is 0.478 e. The van der Waals surface area contributed by atoms with Crippen LogP contribution >= 0.6 is 0 Å². The van der Waals surface area contributed by atoms with Crippen LogP contribution in [0.1, 0.15) is 66.8 Å². The Morgan fingerprint density at radius 2 is 1.24 bits per heavy atom. The fourth-order valence-electron chi connectivity index (χ4n) is 6.51. The third-order valence-corrected chi connectivity index (χ3v) is 9.04. The number of unbranched alkanes of at least 4 members (excludes halogenated alkanes) is 1. The molecule has 0 N–H and O–H groups in total. The standard InChI is InChI=1S/C34H32F12N2O2/c1-2-3-6-26(12-13-30(35,36)37)47-17-21-14-23(8-10-28(21)49-19-47)31(33(41,42)43,34(44,45)46)24-9-11-29-22(15-24)18-48(20-50-29)27-7-4-5-25(16-27)32(38,39)40/h4-5,7-11,14-16,26H,2-3,6,12-13,17-20H2,1H3. The highest BCUT2D eigenvalue weighted by Crippen LogP contribution is 2.57. The molecule has 0 radical (unpaired) electrons. The van der Waals surface area contributed by atoms with Crippen LogP contribution in [0.3, 0.4) is 0 Å².